The second-order valence-corrected chi connectivity index (χ2v) is 12.6. The van der Waals surface area contributed by atoms with E-state index in [0.29, 0.717) is 0 Å². The summed E-state index contributed by atoms with van der Waals surface area (Å²) in [6.07, 6.45) is 0. The number of hydrogen-bond donors (Lipinski definition) is 0. The summed E-state index contributed by atoms with van der Waals surface area (Å²) < 4.78 is 12.7. The van der Waals surface area contributed by atoms with E-state index in [0.717, 1.165) is 66.5 Å². The zero-order valence-electron chi connectivity index (χ0n) is 26.5. The predicted octanol–water partition coefficient (Wildman–Crippen LogP) is 13.4. The standard InChI is InChI=1S/C46H29NO2/c1-2-10-30(11-3-1)33-26-32-12-4-5-13-37(32)42(27-33)31-18-20-34(21-19-31)47(35-22-24-40-38-14-6-8-16-43(38)48-45(40)28-35)36-23-25-41-39-15-7-9-17-44(39)49-46(41)29-36/h1-29H. The van der Waals surface area contributed by atoms with Gasteiger partial charge in [-0.2, -0.15) is 0 Å². The number of benzene rings is 8. The van der Waals surface area contributed by atoms with Gasteiger partial charge in [-0.3, -0.25) is 0 Å². The summed E-state index contributed by atoms with van der Waals surface area (Å²) >= 11 is 0. The second kappa shape index (κ2) is 11.0. The topological polar surface area (TPSA) is 29.5 Å². The van der Waals surface area contributed by atoms with Crippen LogP contribution >= 0.6 is 0 Å². The molecule has 0 fully saturated rings. The van der Waals surface area contributed by atoms with Crippen LogP contribution in [0.2, 0.25) is 0 Å². The van der Waals surface area contributed by atoms with E-state index in [4.69, 9.17) is 8.83 Å². The van der Waals surface area contributed by atoms with E-state index in [9.17, 15) is 0 Å². The molecule has 10 rings (SSSR count). The summed E-state index contributed by atoms with van der Waals surface area (Å²) in [7, 11) is 0. The van der Waals surface area contributed by atoms with Crippen LogP contribution in [-0.2, 0) is 0 Å². The fourth-order valence-electron chi connectivity index (χ4n) is 7.29. The van der Waals surface area contributed by atoms with E-state index in [-0.39, 0.29) is 0 Å². The molecule has 2 aromatic heterocycles. The van der Waals surface area contributed by atoms with Gasteiger partial charge >= 0.3 is 0 Å². The largest absolute Gasteiger partial charge is 0.456 e. The first kappa shape index (κ1) is 27.5. The highest BCUT2D eigenvalue weighted by molar-refractivity contribution is 6.08. The SMILES string of the molecule is c1ccc(-c2cc(-c3ccc(N(c4ccc5c(c4)oc4ccccc45)c4ccc5c(c4)oc4ccccc45)cc3)c3ccccc3c2)cc1. The molecule has 8 aromatic carbocycles. The number of hydrogen-bond acceptors (Lipinski definition) is 3. The van der Waals surface area contributed by atoms with Gasteiger partial charge in [-0.1, -0.05) is 103 Å². The van der Waals surface area contributed by atoms with Gasteiger partial charge in [0.25, 0.3) is 0 Å². The van der Waals surface area contributed by atoms with Gasteiger partial charge in [0.15, 0.2) is 0 Å². The maximum Gasteiger partial charge on any atom is 0.137 e. The van der Waals surface area contributed by atoms with Gasteiger partial charge in [-0.25, -0.2) is 0 Å². The van der Waals surface area contributed by atoms with Crippen molar-refractivity contribution in [3.63, 3.8) is 0 Å². The molecule has 0 spiro atoms. The predicted molar refractivity (Wildman–Crippen MR) is 204 cm³/mol. The van der Waals surface area contributed by atoms with Crippen molar-refractivity contribution >= 4 is 71.7 Å². The molecule has 0 atom stereocenters. The van der Waals surface area contributed by atoms with Crippen LogP contribution in [0.15, 0.2) is 185 Å². The summed E-state index contributed by atoms with van der Waals surface area (Å²) in [5, 5.41) is 6.91. The average Bonchev–Trinajstić information content (AvgIpc) is 3.73. The van der Waals surface area contributed by atoms with Crippen LogP contribution < -0.4 is 4.90 Å². The molecule has 0 amide bonds. The third kappa shape index (κ3) is 4.59. The van der Waals surface area contributed by atoms with Crippen LogP contribution in [-0.4, -0.2) is 0 Å². The lowest BCUT2D eigenvalue weighted by molar-refractivity contribution is 0.669. The van der Waals surface area contributed by atoms with Crippen LogP contribution in [0.3, 0.4) is 0 Å². The molecular formula is C46H29NO2. The number of para-hydroxylation sites is 2. The van der Waals surface area contributed by atoms with Crippen LogP contribution in [0.5, 0.6) is 0 Å². The summed E-state index contributed by atoms with van der Waals surface area (Å²) in [6.45, 7) is 0. The van der Waals surface area contributed by atoms with Crippen molar-refractivity contribution in [2.24, 2.45) is 0 Å². The van der Waals surface area contributed by atoms with Crippen molar-refractivity contribution in [2.45, 2.75) is 0 Å². The molecular weight excluding hydrogens is 599 g/mol. The number of fused-ring (bicyclic) bond motifs is 7. The Morgan fingerprint density at radius 2 is 0.816 bits per heavy atom. The van der Waals surface area contributed by atoms with Gasteiger partial charge < -0.3 is 13.7 Å². The summed E-state index contributed by atoms with van der Waals surface area (Å²) in [6, 6.07) is 62.1. The molecule has 0 saturated heterocycles. The summed E-state index contributed by atoms with van der Waals surface area (Å²) in [5.74, 6) is 0. The maximum absolute atomic E-state index is 6.35. The minimum atomic E-state index is 0.856. The Bertz CT molecular complexity index is 2710. The molecule has 10 aromatic rings. The quantitative estimate of drug-likeness (QED) is 0.190. The van der Waals surface area contributed by atoms with Gasteiger partial charge in [-0.05, 0) is 93.7 Å². The Labute approximate surface area is 282 Å². The third-order valence-electron chi connectivity index (χ3n) is 9.65. The molecule has 0 radical (unpaired) electrons. The van der Waals surface area contributed by atoms with E-state index < -0.39 is 0 Å². The van der Waals surface area contributed by atoms with Crippen molar-refractivity contribution in [1.29, 1.82) is 0 Å². The number of furan rings is 2. The molecule has 0 aliphatic heterocycles. The van der Waals surface area contributed by atoms with Crippen LogP contribution in [0.1, 0.15) is 0 Å². The highest BCUT2D eigenvalue weighted by Crippen LogP contribution is 2.42. The van der Waals surface area contributed by atoms with Crippen molar-refractivity contribution in [1.82, 2.24) is 0 Å². The molecule has 0 aliphatic carbocycles. The zero-order chi connectivity index (χ0) is 32.3. The first-order valence-corrected chi connectivity index (χ1v) is 16.6. The average molecular weight is 628 g/mol. The molecule has 3 heteroatoms. The Morgan fingerprint density at radius 1 is 0.306 bits per heavy atom. The van der Waals surface area contributed by atoms with Gasteiger partial charge in [0.2, 0.25) is 0 Å². The molecule has 230 valence electrons. The van der Waals surface area contributed by atoms with Gasteiger partial charge in [0, 0.05) is 50.7 Å². The van der Waals surface area contributed by atoms with Crippen LogP contribution in [0.4, 0.5) is 17.1 Å². The lowest BCUT2D eigenvalue weighted by Crippen LogP contribution is -2.09. The smallest absolute Gasteiger partial charge is 0.137 e. The molecule has 0 unspecified atom stereocenters. The number of anilines is 3. The monoisotopic (exact) mass is 627 g/mol. The first-order valence-electron chi connectivity index (χ1n) is 16.6. The molecule has 0 bridgehead atoms. The molecule has 49 heavy (non-hydrogen) atoms. The Kier molecular flexibility index (Phi) is 6.18. The minimum Gasteiger partial charge on any atom is -0.456 e. The van der Waals surface area contributed by atoms with E-state index in [1.807, 2.05) is 24.3 Å². The van der Waals surface area contributed by atoms with Crippen molar-refractivity contribution in [3.8, 4) is 22.3 Å². The number of rotatable bonds is 5. The van der Waals surface area contributed by atoms with Crippen LogP contribution in [0, 0.1) is 0 Å². The Balaban J connectivity index is 1.13. The summed E-state index contributed by atoms with van der Waals surface area (Å²) in [5.41, 5.74) is 11.3. The van der Waals surface area contributed by atoms with Crippen molar-refractivity contribution < 1.29 is 8.83 Å². The third-order valence-corrected chi connectivity index (χ3v) is 9.65. The maximum atomic E-state index is 6.35. The second-order valence-electron chi connectivity index (χ2n) is 12.6. The fraction of sp³-hybridized carbons (Fsp3) is 0. The molecule has 0 aliphatic rings. The normalized spacial score (nSPS) is 11.7. The van der Waals surface area contributed by atoms with Gasteiger partial charge in [0.05, 0.1) is 0 Å². The van der Waals surface area contributed by atoms with E-state index in [1.165, 1.54) is 27.5 Å². The van der Waals surface area contributed by atoms with E-state index in [2.05, 4.69) is 157 Å². The Morgan fingerprint density at radius 3 is 1.45 bits per heavy atom. The lowest BCUT2D eigenvalue weighted by atomic mass is 9.93. The molecule has 0 N–H and O–H groups in total. The van der Waals surface area contributed by atoms with Gasteiger partial charge in [0.1, 0.15) is 22.3 Å². The minimum absolute atomic E-state index is 0.856. The van der Waals surface area contributed by atoms with Crippen LogP contribution in [0.25, 0.3) is 76.9 Å². The highest BCUT2D eigenvalue weighted by atomic mass is 16.3. The zero-order valence-corrected chi connectivity index (χ0v) is 26.5. The molecule has 0 saturated carbocycles. The lowest BCUT2D eigenvalue weighted by Gasteiger charge is -2.25. The van der Waals surface area contributed by atoms with Crippen molar-refractivity contribution in [3.05, 3.63) is 176 Å². The fourth-order valence-corrected chi connectivity index (χ4v) is 7.29. The Hall–Kier alpha value is -6.58. The van der Waals surface area contributed by atoms with E-state index in [1.54, 1.807) is 0 Å². The molecule has 3 nitrogen and oxygen atoms in total. The van der Waals surface area contributed by atoms with Gasteiger partial charge in [-0.15, -0.1) is 0 Å². The highest BCUT2D eigenvalue weighted by Gasteiger charge is 2.18. The summed E-state index contributed by atoms with van der Waals surface area (Å²) in [4.78, 5) is 2.28. The number of nitrogens with zero attached hydrogens (tertiary/aromatic N) is 1. The molecule has 2 heterocycles. The van der Waals surface area contributed by atoms with E-state index >= 15 is 0 Å². The first-order chi connectivity index (χ1) is 24.3. The van der Waals surface area contributed by atoms with Crippen molar-refractivity contribution in [2.75, 3.05) is 4.90 Å².